The molecule has 0 atom stereocenters. The predicted octanol–water partition coefficient (Wildman–Crippen LogP) is 3.23. The standard InChI is InChI=1S/C19H14ClN5O2/c1-27-16-8-2-13(3-9-16)10-17-18(26)25(15-6-4-14(20)5-7-15)19(23-17)24-12-21-11-22-24/h2-12H,1H3/b17-10+. The second-order valence-corrected chi connectivity index (χ2v) is 6.11. The summed E-state index contributed by atoms with van der Waals surface area (Å²) in [7, 11) is 1.60. The Morgan fingerprint density at radius 1 is 1.07 bits per heavy atom. The second kappa shape index (κ2) is 7.05. The zero-order valence-corrected chi connectivity index (χ0v) is 15.0. The molecule has 1 aliphatic rings. The van der Waals surface area contributed by atoms with Crippen LogP contribution in [0, 0.1) is 0 Å². The lowest BCUT2D eigenvalue weighted by atomic mass is 10.2. The van der Waals surface area contributed by atoms with Gasteiger partial charge in [-0.2, -0.15) is 9.78 Å². The number of aliphatic imine (C=N–C) groups is 1. The van der Waals surface area contributed by atoms with Gasteiger partial charge in [0.1, 0.15) is 24.1 Å². The van der Waals surface area contributed by atoms with Crippen molar-refractivity contribution in [2.24, 2.45) is 4.99 Å². The molecule has 8 heteroatoms. The van der Waals surface area contributed by atoms with E-state index in [4.69, 9.17) is 16.3 Å². The molecule has 7 nitrogen and oxygen atoms in total. The summed E-state index contributed by atoms with van der Waals surface area (Å²) in [6.07, 6.45) is 4.60. The van der Waals surface area contributed by atoms with Gasteiger partial charge in [-0.3, -0.25) is 4.79 Å². The van der Waals surface area contributed by atoms with Crippen LogP contribution in [0.1, 0.15) is 5.56 Å². The van der Waals surface area contributed by atoms with E-state index in [1.165, 1.54) is 22.2 Å². The lowest BCUT2D eigenvalue weighted by Gasteiger charge is -2.17. The van der Waals surface area contributed by atoms with E-state index in [9.17, 15) is 4.79 Å². The summed E-state index contributed by atoms with van der Waals surface area (Å²) in [5, 5.41) is 4.68. The van der Waals surface area contributed by atoms with E-state index in [0.29, 0.717) is 22.4 Å². The number of benzene rings is 2. The van der Waals surface area contributed by atoms with E-state index in [0.717, 1.165) is 11.3 Å². The fourth-order valence-corrected chi connectivity index (χ4v) is 2.78. The van der Waals surface area contributed by atoms with Gasteiger partial charge in [0, 0.05) is 5.02 Å². The number of halogens is 1. The number of ether oxygens (including phenoxy) is 1. The highest BCUT2D eigenvalue weighted by atomic mass is 35.5. The topological polar surface area (TPSA) is 72.6 Å². The molecule has 1 amide bonds. The Labute approximate surface area is 160 Å². The fourth-order valence-electron chi connectivity index (χ4n) is 2.65. The van der Waals surface area contributed by atoms with Gasteiger partial charge in [-0.1, -0.05) is 23.7 Å². The first-order chi connectivity index (χ1) is 13.2. The summed E-state index contributed by atoms with van der Waals surface area (Å²) < 4.78 is 6.60. The van der Waals surface area contributed by atoms with Crippen molar-refractivity contribution in [1.82, 2.24) is 14.8 Å². The van der Waals surface area contributed by atoms with Crippen LogP contribution in [0.3, 0.4) is 0 Å². The molecule has 0 N–H and O–H groups in total. The minimum Gasteiger partial charge on any atom is -0.497 e. The molecule has 0 radical (unpaired) electrons. The Kier molecular flexibility index (Phi) is 4.43. The Hall–Kier alpha value is -3.45. The number of carbonyl (C=O) groups is 1. The van der Waals surface area contributed by atoms with E-state index in [2.05, 4.69) is 15.1 Å². The number of methoxy groups -OCH3 is 1. The molecule has 4 rings (SSSR count). The Morgan fingerprint density at radius 2 is 1.81 bits per heavy atom. The maximum absolute atomic E-state index is 13.0. The van der Waals surface area contributed by atoms with Gasteiger partial charge < -0.3 is 4.74 Å². The number of hydrogen-bond acceptors (Lipinski definition) is 5. The molecule has 0 saturated heterocycles. The van der Waals surface area contributed by atoms with E-state index in [1.54, 1.807) is 37.5 Å². The average Bonchev–Trinajstić information content (AvgIpc) is 3.32. The normalized spacial score (nSPS) is 15.3. The molecule has 3 aromatic rings. The maximum Gasteiger partial charge on any atom is 0.283 e. The fraction of sp³-hybridized carbons (Fsp3) is 0.0526. The van der Waals surface area contributed by atoms with Gasteiger partial charge in [-0.25, -0.2) is 14.9 Å². The number of rotatable bonds is 3. The van der Waals surface area contributed by atoms with Crippen LogP contribution in [0.2, 0.25) is 5.02 Å². The number of hydrogen-bond donors (Lipinski definition) is 0. The van der Waals surface area contributed by atoms with Gasteiger partial charge in [0.25, 0.3) is 5.91 Å². The van der Waals surface area contributed by atoms with Crippen LogP contribution in [0.5, 0.6) is 5.75 Å². The Morgan fingerprint density at radius 3 is 2.44 bits per heavy atom. The number of carbonyl (C=O) groups excluding carboxylic acids is 1. The number of anilines is 1. The molecule has 0 bridgehead atoms. The van der Waals surface area contributed by atoms with Gasteiger partial charge in [-0.05, 0) is 48.0 Å². The molecule has 1 aliphatic heterocycles. The number of amides is 1. The monoisotopic (exact) mass is 379 g/mol. The summed E-state index contributed by atoms with van der Waals surface area (Å²) in [5.41, 5.74) is 1.76. The lowest BCUT2D eigenvalue weighted by molar-refractivity contribution is -0.113. The highest BCUT2D eigenvalue weighted by molar-refractivity contribution is 6.31. The Bertz CT molecular complexity index is 1020. The van der Waals surface area contributed by atoms with Crippen molar-refractivity contribution in [2.75, 3.05) is 12.0 Å². The molecule has 0 saturated carbocycles. The van der Waals surface area contributed by atoms with Crippen molar-refractivity contribution in [1.29, 1.82) is 0 Å². The smallest absolute Gasteiger partial charge is 0.283 e. The van der Waals surface area contributed by atoms with Gasteiger partial charge in [0.2, 0.25) is 5.96 Å². The highest BCUT2D eigenvalue weighted by Gasteiger charge is 2.33. The van der Waals surface area contributed by atoms with Gasteiger partial charge >= 0.3 is 0 Å². The van der Waals surface area contributed by atoms with E-state index >= 15 is 0 Å². The van der Waals surface area contributed by atoms with Crippen molar-refractivity contribution in [3.05, 3.63) is 77.5 Å². The zero-order valence-electron chi connectivity index (χ0n) is 14.3. The van der Waals surface area contributed by atoms with Crippen LogP contribution in [0.15, 0.2) is 71.9 Å². The molecule has 134 valence electrons. The summed E-state index contributed by atoms with van der Waals surface area (Å²) in [4.78, 5) is 22.9. The SMILES string of the molecule is COc1ccc(/C=C2/N=C(n3cncn3)N(c3ccc(Cl)cc3)C2=O)cc1. The van der Waals surface area contributed by atoms with Crippen LogP contribution < -0.4 is 9.64 Å². The zero-order chi connectivity index (χ0) is 18.8. The van der Waals surface area contributed by atoms with Crippen molar-refractivity contribution in [3.8, 4) is 5.75 Å². The summed E-state index contributed by atoms with van der Waals surface area (Å²) in [6.45, 7) is 0. The van der Waals surface area contributed by atoms with Gasteiger partial charge in [0.05, 0.1) is 12.8 Å². The maximum atomic E-state index is 13.0. The summed E-state index contributed by atoms with van der Waals surface area (Å²) >= 11 is 5.97. The molecule has 27 heavy (non-hydrogen) atoms. The van der Waals surface area contributed by atoms with Crippen molar-refractivity contribution in [3.63, 3.8) is 0 Å². The molecule has 2 aromatic carbocycles. The second-order valence-electron chi connectivity index (χ2n) is 5.67. The van der Waals surface area contributed by atoms with Gasteiger partial charge in [-0.15, -0.1) is 0 Å². The first kappa shape index (κ1) is 17.0. The number of aromatic nitrogens is 3. The van der Waals surface area contributed by atoms with Crippen LogP contribution in [0.25, 0.3) is 6.08 Å². The van der Waals surface area contributed by atoms with Gasteiger partial charge in [0.15, 0.2) is 0 Å². The minimum absolute atomic E-state index is 0.265. The summed E-state index contributed by atoms with van der Waals surface area (Å²) in [5.74, 6) is 0.822. The molecule has 1 aromatic heterocycles. The van der Waals surface area contributed by atoms with Crippen molar-refractivity contribution < 1.29 is 9.53 Å². The van der Waals surface area contributed by atoms with Crippen LogP contribution >= 0.6 is 11.6 Å². The third-order valence-electron chi connectivity index (χ3n) is 3.97. The van der Waals surface area contributed by atoms with Crippen molar-refractivity contribution in [2.45, 2.75) is 0 Å². The molecule has 0 spiro atoms. The summed E-state index contributed by atoms with van der Waals surface area (Å²) in [6, 6.07) is 14.3. The molecule has 0 aliphatic carbocycles. The van der Waals surface area contributed by atoms with Crippen LogP contribution in [0.4, 0.5) is 5.69 Å². The third kappa shape index (κ3) is 3.32. The lowest BCUT2D eigenvalue weighted by Crippen LogP contribution is -2.36. The molecular formula is C19H14ClN5O2. The van der Waals surface area contributed by atoms with E-state index < -0.39 is 0 Å². The van der Waals surface area contributed by atoms with E-state index in [-0.39, 0.29) is 5.91 Å². The predicted molar refractivity (Wildman–Crippen MR) is 103 cm³/mol. The quantitative estimate of drug-likeness (QED) is 0.655. The molecule has 0 unspecified atom stereocenters. The largest absolute Gasteiger partial charge is 0.497 e. The third-order valence-corrected chi connectivity index (χ3v) is 4.22. The van der Waals surface area contributed by atoms with Crippen molar-refractivity contribution >= 4 is 35.2 Å². The highest BCUT2D eigenvalue weighted by Crippen LogP contribution is 2.27. The van der Waals surface area contributed by atoms with E-state index in [1.807, 2.05) is 24.3 Å². The molecule has 2 heterocycles. The molecular weight excluding hydrogens is 366 g/mol. The number of nitrogens with zero attached hydrogens (tertiary/aromatic N) is 5. The molecule has 0 fully saturated rings. The average molecular weight is 380 g/mol. The van der Waals surface area contributed by atoms with Crippen LogP contribution in [-0.4, -0.2) is 33.7 Å². The Balaban J connectivity index is 1.76. The van der Waals surface area contributed by atoms with Crippen LogP contribution in [-0.2, 0) is 4.79 Å². The first-order valence-corrected chi connectivity index (χ1v) is 8.43. The first-order valence-electron chi connectivity index (χ1n) is 8.05. The minimum atomic E-state index is -0.265.